The number of halogens is 1. The van der Waals surface area contributed by atoms with E-state index in [0.717, 1.165) is 30.4 Å². The molecule has 0 atom stereocenters. The number of carbonyl (C=O) groups excluding carboxylic acids is 1. The third kappa shape index (κ3) is 5.79. The molecule has 38 heavy (non-hydrogen) atoms. The van der Waals surface area contributed by atoms with Gasteiger partial charge in [-0.2, -0.15) is 10.1 Å². The Balaban J connectivity index is 1.48. The summed E-state index contributed by atoms with van der Waals surface area (Å²) in [5, 5.41) is 13.0. The number of rotatable bonds is 8. The van der Waals surface area contributed by atoms with Gasteiger partial charge in [0.1, 0.15) is 11.6 Å². The largest absolute Gasteiger partial charge is 0.378 e. The minimum atomic E-state index is -0.504. The molecule has 1 aliphatic heterocycles. The van der Waals surface area contributed by atoms with E-state index in [9.17, 15) is 9.18 Å². The average molecular weight is 515 g/mol. The highest BCUT2D eigenvalue weighted by molar-refractivity contribution is 5.99. The number of amides is 1. The number of hydrogen-bond donors (Lipinski definition) is 3. The van der Waals surface area contributed by atoms with Gasteiger partial charge in [-0.05, 0) is 42.0 Å². The monoisotopic (exact) mass is 514 g/mol. The fourth-order valence-electron chi connectivity index (χ4n) is 4.06. The summed E-state index contributed by atoms with van der Waals surface area (Å²) in [6, 6.07) is 12.3. The first-order chi connectivity index (χ1) is 18.5. The van der Waals surface area contributed by atoms with Crippen LogP contribution in [0.15, 0.2) is 73.7 Å². The van der Waals surface area contributed by atoms with Crippen molar-refractivity contribution in [1.29, 1.82) is 0 Å². The lowest BCUT2D eigenvalue weighted by atomic mass is 10.1. The zero-order valence-corrected chi connectivity index (χ0v) is 20.8. The minimum Gasteiger partial charge on any atom is -0.378 e. The highest BCUT2D eigenvalue weighted by Crippen LogP contribution is 2.33. The van der Waals surface area contributed by atoms with Crippen molar-refractivity contribution in [2.75, 3.05) is 47.2 Å². The van der Waals surface area contributed by atoms with Crippen LogP contribution in [0.4, 0.5) is 38.9 Å². The number of aromatic nitrogens is 4. The lowest BCUT2D eigenvalue weighted by Crippen LogP contribution is -2.36. The molecule has 2 aromatic heterocycles. The van der Waals surface area contributed by atoms with Crippen LogP contribution >= 0.6 is 0 Å². The summed E-state index contributed by atoms with van der Waals surface area (Å²) in [4.78, 5) is 23.1. The predicted octanol–water partition coefficient (Wildman–Crippen LogP) is 4.46. The zero-order chi connectivity index (χ0) is 26.5. The average Bonchev–Trinajstić information content (AvgIpc) is 3.35. The number of nitrogens with zero attached hydrogens (tertiary/aromatic N) is 5. The van der Waals surface area contributed by atoms with Crippen LogP contribution in [0.5, 0.6) is 0 Å². The Morgan fingerprint density at radius 1 is 1.08 bits per heavy atom. The fraction of sp³-hybridized carbons (Fsp3) is 0.185. The second kappa shape index (κ2) is 11.1. The number of aryl methyl sites for hydroxylation is 1. The molecule has 0 radical (unpaired) electrons. The van der Waals surface area contributed by atoms with E-state index in [0.29, 0.717) is 41.9 Å². The van der Waals surface area contributed by atoms with Gasteiger partial charge < -0.3 is 25.6 Å². The maximum absolute atomic E-state index is 14.8. The van der Waals surface area contributed by atoms with Crippen molar-refractivity contribution in [2.24, 2.45) is 7.05 Å². The molecule has 3 heterocycles. The second-order valence-corrected chi connectivity index (χ2v) is 8.64. The summed E-state index contributed by atoms with van der Waals surface area (Å²) in [5.41, 5.74) is 3.90. The number of hydrogen-bond acceptors (Lipinski definition) is 8. The summed E-state index contributed by atoms with van der Waals surface area (Å²) in [7, 11) is 1.81. The van der Waals surface area contributed by atoms with E-state index in [1.54, 1.807) is 23.3 Å². The summed E-state index contributed by atoms with van der Waals surface area (Å²) < 4.78 is 21.9. The van der Waals surface area contributed by atoms with E-state index in [4.69, 9.17) is 4.74 Å². The molecule has 1 aliphatic rings. The quantitative estimate of drug-likeness (QED) is 0.296. The van der Waals surface area contributed by atoms with Crippen molar-refractivity contribution in [1.82, 2.24) is 19.7 Å². The van der Waals surface area contributed by atoms with Gasteiger partial charge in [-0.15, -0.1) is 0 Å². The van der Waals surface area contributed by atoms with Gasteiger partial charge in [-0.25, -0.2) is 9.37 Å². The first-order valence-electron chi connectivity index (χ1n) is 12.0. The van der Waals surface area contributed by atoms with Gasteiger partial charge in [-0.3, -0.25) is 9.48 Å². The molecule has 0 saturated carbocycles. The van der Waals surface area contributed by atoms with Crippen LogP contribution in [0.25, 0.3) is 11.1 Å². The number of benzene rings is 2. The zero-order valence-electron chi connectivity index (χ0n) is 20.8. The van der Waals surface area contributed by atoms with Crippen LogP contribution in [0.2, 0.25) is 0 Å². The highest BCUT2D eigenvalue weighted by atomic mass is 19.1. The Kier molecular flexibility index (Phi) is 7.27. The predicted molar refractivity (Wildman–Crippen MR) is 146 cm³/mol. The van der Waals surface area contributed by atoms with Crippen LogP contribution in [-0.2, 0) is 16.6 Å². The summed E-state index contributed by atoms with van der Waals surface area (Å²) in [6.07, 6.45) is 6.27. The standard InChI is InChI=1S/C27H27FN8O2/c1-3-25(37)31-19-6-9-23(28)24(14-19)33-26-22(16-29-27(34-26)32-20-15-30-35(2)17-20)18-4-7-21(8-5-18)36-10-12-38-13-11-36/h3-9,14-17H,1,10-13H2,2H3,(H,31,37)(H2,29,32,33,34). The molecular formula is C27H27FN8O2. The maximum Gasteiger partial charge on any atom is 0.247 e. The Morgan fingerprint density at radius 2 is 1.87 bits per heavy atom. The van der Waals surface area contributed by atoms with Gasteiger partial charge in [0, 0.05) is 49.5 Å². The van der Waals surface area contributed by atoms with E-state index >= 15 is 0 Å². The molecule has 11 heteroatoms. The van der Waals surface area contributed by atoms with Crippen molar-refractivity contribution in [3.63, 3.8) is 0 Å². The van der Waals surface area contributed by atoms with E-state index < -0.39 is 11.7 Å². The Bertz CT molecular complexity index is 1450. The van der Waals surface area contributed by atoms with Crippen molar-refractivity contribution in [2.45, 2.75) is 0 Å². The topological polar surface area (TPSA) is 109 Å². The molecule has 5 rings (SSSR count). The van der Waals surface area contributed by atoms with Gasteiger partial charge in [0.25, 0.3) is 0 Å². The third-order valence-corrected chi connectivity index (χ3v) is 5.98. The number of nitrogens with one attached hydrogen (secondary N) is 3. The highest BCUT2D eigenvalue weighted by Gasteiger charge is 2.15. The van der Waals surface area contributed by atoms with Crippen LogP contribution in [0, 0.1) is 5.82 Å². The van der Waals surface area contributed by atoms with Gasteiger partial charge in [0.05, 0.1) is 30.8 Å². The number of ether oxygens (including phenoxy) is 1. The Labute approximate surface area is 219 Å². The van der Waals surface area contributed by atoms with Gasteiger partial charge in [0.15, 0.2) is 0 Å². The van der Waals surface area contributed by atoms with Crippen LogP contribution in [-0.4, -0.2) is 52.0 Å². The molecule has 4 aromatic rings. The van der Waals surface area contributed by atoms with Gasteiger partial charge in [-0.1, -0.05) is 18.7 Å². The smallest absolute Gasteiger partial charge is 0.247 e. The number of carbonyl (C=O) groups is 1. The molecule has 0 spiro atoms. The molecule has 10 nitrogen and oxygen atoms in total. The fourth-order valence-corrected chi connectivity index (χ4v) is 4.06. The summed E-state index contributed by atoms with van der Waals surface area (Å²) in [5.74, 6) is -0.202. The normalized spacial score (nSPS) is 13.2. The summed E-state index contributed by atoms with van der Waals surface area (Å²) in [6.45, 7) is 6.52. The van der Waals surface area contributed by atoms with Crippen LogP contribution < -0.4 is 20.9 Å². The van der Waals surface area contributed by atoms with Crippen molar-refractivity contribution >= 4 is 40.4 Å². The maximum atomic E-state index is 14.8. The lowest BCUT2D eigenvalue weighted by Gasteiger charge is -2.29. The molecule has 3 N–H and O–H groups in total. The Hall–Kier alpha value is -4.77. The molecule has 0 unspecified atom stereocenters. The third-order valence-electron chi connectivity index (χ3n) is 5.98. The van der Waals surface area contributed by atoms with Crippen LogP contribution in [0.3, 0.4) is 0 Å². The van der Waals surface area contributed by atoms with Crippen LogP contribution in [0.1, 0.15) is 0 Å². The first kappa shape index (κ1) is 24.9. The van der Waals surface area contributed by atoms with Crippen molar-refractivity contribution in [3.8, 4) is 11.1 Å². The molecule has 0 bridgehead atoms. The first-order valence-corrected chi connectivity index (χ1v) is 12.0. The molecule has 1 amide bonds. The van der Waals surface area contributed by atoms with Gasteiger partial charge >= 0.3 is 0 Å². The second-order valence-electron chi connectivity index (χ2n) is 8.64. The minimum absolute atomic E-state index is 0.143. The molecule has 1 fully saturated rings. The summed E-state index contributed by atoms with van der Waals surface area (Å²) >= 11 is 0. The molecule has 194 valence electrons. The van der Waals surface area contributed by atoms with Crippen molar-refractivity contribution in [3.05, 3.63) is 79.5 Å². The van der Waals surface area contributed by atoms with E-state index in [1.165, 1.54) is 18.2 Å². The van der Waals surface area contributed by atoms with E-state index in [1.807, 2.05) is 31.3 Å². The van der Waals surface area contributed by atoms with E-state index in [2.05, 4.69) is 42.5 Å². The SMILES string of the molecule is C=CC(=O)Nc1ccc(F)c(Nc2nc(Nc3cnn(C)c3)ncc2-c2ccc(N3CCOCC3)cc2)c1. The van der Waals surface area contributed by atoms with E-state index in [-0.39, 0.29) is 5.69 Å². The van der Waals surface area contributed by atoms with Crippen molar-refractivity contribution < 1.29 is 13.9 Å². The molecule has 0 aliphatic carbocycles. The molecule has 2 aromatic carbocycles. The Morgan fingerprint density at radius 3 is 2.58 bits per heavy atom. The molecular weight excluding hydrogens is 487 g/mol. The number of anilines is 6. The van der Waals surface area contributed by atoms with Gasteiger partial charge in [0.2, 0.25) is 11.9 Å². The number of morpholine rings is 1. The lowest BCUT2D eigenvalue weighted by molar-refractivity contribution is -0.111. The molecule has 1 saturated heterocycles.